The average Bonchev–Trinajstić information content (AvgIpc) is 3.75. The number of ether oxygens (including phenoxy) is 1. The molecule has 3 heterocycles. The van der Waals surface area contributed by atoms with Gasteiger partial charge in [0.1, 0.15) is 0 Å². The van der Waals surface area contributed by atoms with E-state index in [0.717, 1.165) is 62.2 Å². The van der Waals surface area contributed by atoms with Gasteiger partial charge in [-0.25, -0.2) is 0 Å². The minimum Gasteiger partial charge on any atom is 0 e. The molecule has 68 heavy (non-hydrogen) atoms. The van der Waals surface area contributed by atoms with Gasteiger partial charge in [0.05, 0.1) is 0 Å². The van der Waals surface area contributed by atoms with Crippen molar-refractivity contribution in [2.24, 2.45) is 0 Å². The predicted molar refractivity (Wildman–Crippen MR) is 278 cm³/mol. The van der Waals surface area contributed by atoms with Crippen molar-refractivity contribution < 1.29 is 25.8 Å². The molecule has 0 saturated carbocycles. The fraction of sp³-hybridized carbons (Fsp3) is 0.115. The van der Waals surface area contributed by atoms with E-state index < -0.39 is 20.9 Å². The Morgan fingerprint density at radius 1 is 0.515 bits per heavy atom. The Morgan fingerprint density at radius 3 is 1.87 bits per heavy atom. The van der Waals surface area contributed by atoms with E-state index in [1.807, 2.05) is 18.3 Å². The van der Waals surface area contributed by atoms with Gasteiger partial charge in [-0.3, -0.25) is 0 Å². The third-order valence-electron chi connectivity index (χ3n) is 12.9. The molecule has 0 spiro atoms. The molecule has 5 nitrogen and oxygen atoms in total. The van der Waals surface area contributed by atoms with Crippen LogP contribution in [0.2, 0.25) is 0 Å². The molecule has 2 aliphatic rings. The second-order valence-electron chi connectivity index (χ2n) is 18.6. The van der Waals surface area contributed by atoms with Crippen LogP contribution in [0.5, 0.6) is 11.5 Å². The summed E-state index contributed by atoms with van der Waals surface area (Å²) in [6.45, 7) is 13.6. The van der Waals surface area contributed by atoms with Crippen molar-refractivity contribution in [3.05, 3.63) is 236 Å². The van der Waals surface area contributed by atoms with Gasteiger partial charge in [-0.15, -0.1) is 0 Å². The first kappa shape index (κ1) is 45.4. The van der Waals surface area contributed by atoms with Gasteiger partial charge in [-0.05, 0) is 22.1 Å². The zero-order valence-electron chi connectivity index (χ0n) is 38.6. The molecule has 0 unspecified atom stereocenters. The van der Waals surface area contributed by atoms with Gasteiger partial charge >= 0.3 is 275 Å². The number of anilines is 7. The Hall–Kier alpha value is -6.41. The summed E-state index contributed by atoms with van der Waals surface area (Å²) >= 11 is -0.699. The van der Waals surface area contributed by atoms with Gasteiger partial charge in [0.25, 0.3) is 0 Å². The molecular weight excluding hydrogens is 1130 g/mol. The second kappa shape index (κ2) is 18.6. The van der Waals surface area contributed by atoms with Gasteiger partial charge in [-0.2, -0.15) is 0 Å². The summed E-state index contributed by atoms with van der Waals surface area (Å²) in [5.74, 6) is 2.08. The average molecular weight is 1180 g/mol. The molecule has 0 saturated heterocycles. The summed E-state index contributed by atoms with van der Waals surface area (Å²) in [6.07, 6.45) is 1.94. The third-order valence-corrected chi connectivity index (χ3v) is 16.1. The standard InChI is InChI=1S/C61H49N4OTe.Pt/c1-60(2,3)45-31-33-52-54(37-45)64(59-50(42-19-9-6-10-20-42)27-18-28-51(59)43-21-11-7-12-22-43)41-63(52)47-25-17-26-48(39-47)66-49-32-34-57-55(40-49)65(53-29-15-16-30-56(53)67-57)58-38-46(35-36-62-58)61(4,5)44-23-13-8-14-24-44;/h6-38,41H,1-5H3;/q-3;. The van der Waals surface area contributed by atoms with E-state index in [4.69, 9.17) is 9.72 Å². The fourth-order valence-electron chi connectivity index (χ4n) is 9.17. The molecule has 0 aliphatic carbocycles. The molecule has 0 N–H and O–H groups in total. The molecule has 9 aromatic rings. The second-order valence-corrected chi connectivity index (χ2v) is 21.7. The Labute approximate surface area is 425 Å². The first-order valence-electron chi connectivity index (χ1n) is 22.8. The SMILES string of the molecule is CC(C)(C)c1ccc2c(c1)N(c1c(-c3ccccc3)cccc1-c1ccccc1)[CH-]N2c1[c-]c(Oc2[c-]c3c(cc2)[Te]c2ccccc2N3c2cc(C(C)(C)c3ccccc3)ccn2)ccc1.[Pt]. The molecule has 0 radical (unpaired) electrons. The Kier molecular flexibility index (Phi) is 12.4. The summed E-state index contributed by atoms with van der Waals surface area (Å²) in [5.41, 5.74) is 14.3. The number of para-hydroxylation sites is 2. The number of hydrogen-bond donors (Lipinski definition) is 0. The van der Waals surface area contributed by atoms with E-state index in [1.54, 1.807) is 0 Å². The Bertz CT molecular complexity index is 3200. The van der Waals surface area contributed by atoms with Crippen LogP contribution in [0.25, 0.3) is 22.3 Å². The zero-order chi connectivity index (χ0) is 45.7. The number of pyridine rings is 1. The van der Waals surface area contributed by atoms with Crippen LogP contribution in [-0.2, 0) is 31.9 Å². The summed E-state index contributed by atoms with van der Waals surface area (Å²) in [6, 6.07) is 76.5. The van der Waals surface area contributed by atoms with Crippen LogP contribution in [-0.4, -0.2) is 25.9 Å². The van der Waals surface area contributed by atoms with Crippen molar-refractivity contribution in [2.45, 2.75) is 45.4 Å². The first-order chi connectivity index (χ1) is 32.6. The van der Waals surface area contributed by atoms with Crippen LogP contribution < -0.4 is 26.7 Å². The van der Waals surface area contributed by atoms with E-state index in [-0.39, 0.29) is 31.9 Å². The van der Waals surface area contributed by atoms with Crippen LogP contribution in [0.3, 0.4) is 0 Å². The summed E-state index contributed by atoms with van der Waals surface area (Å²) < 4.78 is 9.42. The monoisotopic (exact) mass is 1180 g/mol. The van der Waals surface area contributed by atoms with Gasteiger partial charge in [0.15, 0.2) is 0 Å². The van der Waals surface area contributed by atoms with E-state index in [9.17, 15) is 0 Å². The number of nitrogens with zero attached hydrogens (tertiary/aromatic N) is 4. The van der Waals surface area contributed by atoms with Crippen LogP contribution in [0.1, 0.15) is 51.3 Å². The molecule has 11 rings (SSSR count). The largest absolute Gasteiger partial charge is 0 e. The van der Waals surface area contributed by atoms with Gasteiger partial charge in [-0.1, -0.05) is 99.6 Å². The maximum absolute atomic E-state index is 6.77. The fourth-order valence-corrected chi connectivity index (χ4v) is 12.1. The minimum atomic E-state index is -0.699. The van der Waals surface area contributed by atoms with E-state index in [1.165, 1.54) is 23.9 Å². The van der Waals surface area contributed by atoms with Crippen LogP contribution in [0.15, 0.2) is 200 Å². The molecule has 1 aromatic heterocycles. The van der Waals surface area contributed by atoms with Crippen molar-refractivity contribution >= 4 is 68.1 Å². The van der Waals surface area contributed by atoms with Crippen molar-refractivity contribution in [3.63, 3.8) is 0 Å². The van der Waals surface area contributed by atoms with Crippen LogP contribution in [0.4, 0.5) is 39.9 Å². The van der Waals surface area contributed by atoms with E-state index >= 15 is 0 Å². The molecule has 7 heteroatoms. The molecule has 2 aliphatic heterocycles. The number of fused-ring (bicyclic) bond motifs is 3. The number of benzene rings is 8. The van der Waals surface area contributed by atoms with Crippen molar-refractivity contribution in [2.75, 3.05) is 14.7 Å². The van der Waals surface area contributed by atoms with Crippen molar-refractivity contribution in [1.82, 2.24) is 4.98 Å². The maximum atomic E-state index is 6.77. The normalized spacial score (nSPS) is 13.0. The Balaban J connectivity index is 0.00000539. The molecule has 8 aromatic carbocycles. The molecule has 0 fully saturated rings. The molecular formula is C61H49N4OPtTe-3. The van der Waals surface area contributed by atoms with Crippen molar-refractivity contribution in [1.29, 1.82) is 0 Å². The summed E-state index contributed by atoms with van der Waals surface area (Å²) in [7, 11) is 0. The topological polar surface area (TPSA) is 31.8 Å². The third kappa shape index (κ3) is 8.56. The van der Waals surface area contributed by atoms with E-state index in [0.29, 0.717) is 11.5 Å². The number of rotatable bonds is 9. The number of hydrogen-bond acceptors (Lipinski definition) is 5. The number of aromatic nitrogens is 1. The summed E-state index contributed by atoms with van der Waals surface area (Å²) in [5, 5.41) is 0. The molecule has 0 atom stereocenters. The Morgan fingerprint density at radius 2 is 1.16 bits per heavy atom. The zero-order valence-corrected chi connectivity index (χ0v) is 43.2. The van der Waals surface area contributed by atoms with Gasteiger partial charge in [0.2, 0.25) is 0 Å². The summed E-state index contributed by atoms with van der Waals surface area (Å²) in [4.78, 5) is 11.9. The van der Waals surface area contributed by atoms with Gasteiger partial charge < -0.3 is 0 Å². The van der Waals surface area contributed by atoms with E-state index in [2.05, 4.69) is 250 Å². The minimum absolute atomic E-state index is 0. The molecule has 0 bridgehead atoms. The first-order valence-corrected chi connectivity index (χ1v) is 25.1. The predicted octanol–water partition coefficient (Wildman–Crippen LogP) is 14.3. The van der Waals surface area contributed by atoms with Crippen LogP contribution >= 0.6 is 0 Å². The molecule has 338 valence electrons. The van der Waals surface area contributed by atoms with Crippen LogP contribution in [0, 0.1) is 18.8 Å². The van der Waals surface area contributed by atoms with Crippen molar-refractivity contribution in [3.8, 4) is 33.8 Å². The quantitative estimate of drug-likeness (QED) is 0.106. The maximum Gasteiger partial charge on any atom is 0 e. The smallest absolute Gasteiger partial charge is 0 e. The van der Waals surface area contributed by atoms with Gasteiger partial charge in [0, 0.05) is 32.2 Å². The molecule has 0 amide bonds.